The van der Waals surface area contributed by atoms with Crippen LogP contribution < -0.4 is 0 Å². The molecule has 4 aromatic carbocycles. The monoisotopic (exact) mass is 617 g/mol. The Balaban J connectivity index is 1.66. The lowest BCUT2D eigenvalue weighted by molar-refractivity contribution is 0.0600. The molecule has 0 aliphatic carbocycles. The van der Waals surface area contributed by atoms with Crippen LogP contribution in [0, 0.1) is 12.7 Å². The van der Waals surface area contributed by atoms with Crippen molar-refractivity contribution in [1.29, 1.82) is 0 Å². The Morgan fingerprint density at radius 2 is 1.68 bits per heavy atom. The number of ether oxygens (including phenoxy) is 1. The smallest absolute Gasteiger partial charge is 0.338 e. The summed E-state index contributed by atoms with van der Waals surface area (Å²) in [6.07, 6.45) is 1.51. The van der Waals surface area contributed by atoms with Gasteiger partial charge >= 0.3 is 5.97 Å². The second-order valence-corrected chi connectivity index (χ2v) is 11.8. The maximum absolute atomic E-state index is 13.8. The summed E-state index contributed by atoms with van der Waals surface area (Å²) in [5.74, 6) is -0.797. The summed E-state index contributed by atoms with van der Waals surface area (Å²) in [5, 5.41) is 5.60. The molecule has 7 nitrogen and oxygen atoms in total. The molecule has 40 heavy (non-hydrogen) atoms. The van der Waals surface area contributed by atoms with Gasteiger partial charge in [0.25, 0.3) is 10.0 Å². The summed E-state index contributed by atoms with van der Waals surface area (Å²) in [7, 11) is -2.63. The van der Waals surface area contributed by atoms with Crippen molar-refractivity contribution in [2.45, 2.75) is 11.8 Å². The number of benzene rings is 4. The molecule has 6 rings (SSSR count). The molecule has 10 heteroatoms. The number of rotatable bonds is 5. The standard InChI is InChI=1S/C30H21BrFN3O4S/c1-18-14-19(8-13-24(18)30(36)39-2)28-25-16-26-20(17-33-35(26)40(37,38)23-6-4-3-5-7-23)15-27(25)34(29(28)31)22-11-9-21(32)10-12-22/h3-17H,1-2H3. The first-order valence-corrected chi connectivity index (χ1v) is 14.4. The minimum absolute atomic E-state index is 0.124. The highest BCUT2D eigenvalue weighted by molar-refractivity contribution is 9.10. The summed E-state index contributed by atoms with van der Waals surface area (Å²) in [4.78, 5) is 12.3. The SMILES string of the molecule is COC(=O)c1ccc(-c2c(Br)n(-c3ccc(F)cc3)c3cc4cnn(S(=O)(=O)c5ccccc5)c4cc23)cc1C. The first-order valence-electron chi connectivity index (χ1n) is 12.2. The van der Waals surface area contributed by atoms with Gasteiger partial charge in [0.1, 0.15) is 5.82 Å². The maximum atomic E-state index is 13.8. The number of aryl methyl sites for hydroxylation is 1. The minimum atomic E-state index is -3.96. The zero-order chi connectivity index (χ0) is 28.2. The average molecular weight is 618 g/mol. The van der Waals surface area contributed by atoms with E-state index in [0.29, 0.717) is 26.8 Å². The fourth-order valence-electron chi connectivity index (χ4n) is 4.91. The molecule has 2 aromatic heterocycles. The molecular formula is C30H21BrFN3O4S. The Morgan fingerprint density at radius 1 is 0.950 bits per heavy atom. The van der Waals surface area contributed by atoms with E-state index in [9.17, 15) is 17.6 Å². The molecule has 0 saturated heterocycles. The van der Waals surface area contributed by atoms with Crippen LogP contribution >= 0.6 is 15.9 Å². The molecule has 0 spiro atoms. The maximum Gasteiger partial charge on any atom is 0.338 e. The number of halogens is 2. The van der Waals surface area contributed by atoms with Crippen LogP contribution in [0.2, 0.25) is 0 Å². The fourth-order valence-corrected chi connectivity index (χ4v) is 7.04. The van der Waals surface area contributed by atoms with E-state index in [1.54, 1.807) is 42.5 Å². The lowest BCUT2D eigenvalue weighted by Gasteiger charge is -2.09. The van der Waals surface area contributed by atoms with Gasteiger partial charge in [0.05, 0.1) is 39.4 Å². The van der Waals surface area contributed by atoms with Gasteiger partial charge in [-0.1, -0.05) is 30.3 Å². The molecule has 2 heterocycles. The van der Waals surface area contributed by atoms with Gasteiger partial charge in [0.15, 0.2) is 0 Å². The number of aromatic nitrogens is 3. The van der Waals surface area contributed by atoms with Crippen LogP contribution in [0.4, 0.5) is 4.39 Å². The van der Waals surface area contributed by atoms with Crippen LogP contribution in [0.15, 0.2) is 101 Å². The van der Waals surface area contributed by atoms with E-state index in [1.807, 2.05) is 29.7 Å². The zero-order valence-electron chi connectivity index (χ0n) is 21.3. The first-order chi connectivity index (χ1) is 19.2. The lowest BCUT2D eigenvalue weighted by Crippen LogP contribution is -2.14. The van der Waals surface area contributed by atoms with Gasteiger partial charge in [-0.05, 0) is 88.6 Å². The van der Waals surface area contributed by atoms with Crippen molar-refractivity contribution < 1.29 is 22.3 Å². The fraction of sp³-hybridized carbons (Fsp3) is 0.0667. The Kier molecular flexibility index (Phi) is 6.31. The minimum Gasteiger partial charge on any atom is -0.465 e. The Labute approximate surface area is 237 Å². The van der Waals surface area contributed by atoms with E-state index < -0.39 is 16.0 Å². The highest BCUT2D eigenvalue weighted by Gasteiger charge is 2.24. The highest BCUT2D eigenvalue weighted by atomic mass is 79.9. The molecule has 0 amide bonds. The quantitative estimate of drug-likeness (QED) is 0.197. The third-order valence-electron chi connectivity index (χ3n) is 6.84. The summed E-state index contributed by atoms with van der Waals surface area (Å²) in [5.41, 5.74) is 4.59. The predicted octanol–water partition coefficient (Wildman–Crippen LogP) is 6.88. The normalized spacial score (nSPS) is 11.8. The van der Waals surface area contributed by atoms with Crippen molar-refractivity contribution in [3.63, 3.8) is 0 Å². The van der Waals surface area contributed by atoms with Gasteiger partial charge < -0.3 is 9.30 Å². The van der Waals surface area contributed by atoms with Crippen LogP contribution in [0.25, 0.3) is 38.6 Å². The van der Waals surface area contributed by atoms with E-state index in [4.69, 9.17) is 4.74 Å². The molecule has 0 N–H and O–H groups in total. The second kappa shape index (κ2) is 9.72. The number of esters is 1. The van der Waals surface area contributed by atoms with E-state index in [-0.39, 0.29) is 10.7 Å². The predicted molar refractivity (Wildman–Crippen MR) is 155 cm³/mol. The van der Waals surface area contributed by atoms with E-state index in [1.165, 1.54) is 37.6 Å². The summed E-state index contributed by atoms with van der Waals surface area (Å²) in [6, 6.07) is 23.3. The van der Waals surface area contributed by atoms with Gasteiger partial charge in [-0.15, -0.1) is 0 Å². The van der Waals surface area contributed by atoms with E-state index >= 15 is 0 Å². The Morgan fingerprint density at radius 3 is 2.35 bits per heavy atom. The summed E-state index contributed by atoms with van der Waals surface area (Å²) < 4.78 is 49.4. The molecule has 200 valence electrons. The number of methoxy groups -OCH3 is 1. The van der Waals surface area contributed by atoms with Crippen LogP contribution in [-0.2, 0) is 14.8 Å². The highest BCUT2D eigenvalue weighted by Crippen LogP contribution is 2.42. The van der Waals surface area contributed by atoms with Gasteiger partial charge in [-0.2, -0.15) is 17.6 Å². The molecule has 0 unspecified atom stereocenters. The van der Waals surface area contributed by atoms with Crippen LogP contribution in [0.3, 0.4) is 0 Å². The van der Waals surface area contributed by atoms with Crippen molar-refractivity contribution >= 4 is 53.7 Å². The molecule has 6 aromatic rings. The zero-order valence-corrected chi connectivity index (χ0v) is 23.7. The van der Waals surface area contributed by atoms with Crippen LogP contribution in [0.5, 0.6) is 0 Å². The molecular weight excluding hydrogens is 597 g/mol. The molecule has 0 fully saturated rings. The average Bonchev–Trinajstić information content (AvgIpc) is 3.50. The lowest BCUT2D eigenvalue weighted by atomic mass is 9.99. The second-order valence-electron chi connectivity index (χ2n) is 9.23. The topological polar surface area (TPSA) is 83.2 Å². The third-order valence-corrected chi connectivity index (χ3v) is 9.20. The first kappa shape index (κ1) is 26.0. The van der Waals surface area contributed by atoms with E-state index in [2.05, 4.69) is 21.0 Å². The number of fused-ring (bicyclic) bond motifs is 2. The van der Waals surface area contributed by atoms with Gasteiger partial charge in [-0.25, -0.2) is 9.18 Å². The molecule has 0 radical (unpaired) electrons. The molecule has 0 saturated carbocycles. The number of hydrogen-bond acceptors (Lipinski definition) is 5. The number of carbonyl (C=O) groups excluding carboxylic acids is 1. The van der Waals surface area contributed by atoms with Crippen molar-refractivity contribution in [1.82, 2.24) is 13.8 Å². The number of hydrogen-bond donors (Lipinski definition) is 0. The molecule has 0 atom stereocenters. The van der Waals surface area contributed by atoms with E-state index in [0.717, 1.165) is 31.7 Å². The van der Waals surface area contributed by atoms with Crippen molar-refractivity contribution in [3.8, 4) is 16.8 Å². The van der Waals surface area contributed by atoms with Crippen molar-refractivity contribution in [2.75, 3.05) is 7.11 Å². The molecule has 0 aliphatic rings. The Hall–Kier alpha value is -4.28. The largest absolute Gasteiger partial charge is 0.465 e. The van der Waals surface area contributed by atoms with Gasteiger partial charge in [-0.3, -0.25) is 0 Å². The van der Waals surface area contributed by atoms with Crippen molar-refractivity contribution in [2.24, 2.45) is 0 Å². The third kappa shape index (κ3) is 4.11. The molecule has 0 aliphatic heterocycles. The summed E-state index contributed by atoms with van der Waals surface area (Å²) >= 11 is 3.76. The van der Waals surface area contributed by atoms with Crippen molar-refractivity contribution in [3.05, 3.63) is 113 Å². The molecule has 0 bridgehead atoms. The summed E-state index contributed by atoms with van der Waals surface area (Å²) in [6.45, 7) is 1.82. The van der Waals surface area contributed by atoms with Crippen LogP contribution in [0.1, 0.15) is 15.9 Å². The van der Waals surface area contributed by atoms with Crippen LogP contribution in [-0.4, -0.2) is 35.2 Å². The van der Waals surface area contributed by atoms with Gasteiger partial charge in [0.2, 0.25) is 0 Å². The number of carbonyl (C=O) groups is 1. The van der Waals surface area contributed by atoms with Gasteiger partial charge in [0, 0.05) is 22.0 Å². The number of nitrogens with zero attached hydrogens (tertiary/aromatic N) is 3. The Bertz CT molecular complexity index is 2050.